The third-order valence-corrected chi connectivity index (χ3v) is 4.59. The fraction of sp³-hybridized carbons (Fsp3) is 0.909. The number of ketones is 1. The summed E-state index contributed by atoms with van der Waals surface area (Å²) < 4.78 is 11.6. The van der Waals surface area contributed by atoms with Crippen LogP contribution >= 0.6 is 15.9 Å². The second kappa shape index (κ2) is 3.54. The van der Waals surface area contributed by atoms with Crippen molar-refractivity contribution in [2.45, 2.75) is 25.0 Å². The summed E-state index contributed by atoms with van der Waals surface area (Å²) in [6.07, 6.45) is 2.47. The molecule has 3 atom stereocenters. The Balaban J connectivity index is 1.83. The van der Waals surface area contributed by atoms with Gasteiger partial charge in [0.05, 0.1) is 13.2 Å². The highest BCUT2D eigenvalue weighted by atomic mass is 79.9. The van der Waals surface area contributed by atoms with Gasteiger partial charge >= 0.3 is 0 Å². The molecule has 3 rings (SSSR count). The molecule has 1 spiro atoms. The minimum atomic E-state index is -0.384. The van der Waals surface area contributed by atoms with Gasteiger partial charge in [0.1, 0.15) is 5.78 Å². The molecule has 0 bridgehead atoms. The van der Waals surface area contributed by atoms with E-state index < -0.39 is 0 Å². The maximum atomic E-state index is 11.5. The molecule has 4 heteroatoms. The number of rotatable bonds is 2. The molecule has 2 saturated carbocycles. The summed E-state index contributed by atoms with van der Waals surface area (Å²) in [7, 11) is 0. The minimum absolute atomic E-state index is 0.344. The lowest BCUT2D eigenvalue weighted by molar-refractivity contribution is -0.311. The smallest absolute Gasteiger partial charge is 0.175 e. The molecule has 0 aromatic heterocycles. The molecule has 2 unspecified atom stereocenters. The van der Waals surface area contributed by atoms with Crippen LogP contribution < -0.4 is 0 Å². The van der Waals surface area contributed by atoms with E-state index in [2.05, 4.69) is 15.9 Å². The van der Waals surface area contributed by atoms with Crippen molar-refractivity contribution in [1.82, 2.24) is 0 Å². The Morgan fingerprint density at radius 2 is 2.07 bits per heavy atom. The van der Waals surface area contributed by atoms with E-state index in [1.807, 2.05) is 0 Å². The molecule has 3 nitrogen and oxygen atoms in total. The van der Waals surface area contributed by atoms with E-state index in [9.17, 15) is 4.79 Å². The van der Waals surface area contributed by atoms with Crippen molar-refractivity contribution in [2.24, 2.45) is 17.8 Å². The first-order valence-electron chi connectivity index (χ1n) is 5.63. The number of halogens is 1. The van der Waals surface area contributed by atoms with Gasteiger partial charge in [-0.3, -0.25) is 4.79 Å². The first-order chi connectivity index (χ1) is 7.28. The fourth-order valence-corrected chi connectivity index (χ4v) is 4.10. The number of hydrogen-bond acceptors (Lipinski definition) is 3. The predicted molar refractivity (Wildman–Crippen MR) is 57.8 cm³/mol. The van der Waals surface area contributed by atoms with Crippen LogP contribution in [-0.2, 0) is 14.3 Å². The van der Waals surface area contributed by atoms with E-state index in [0.717, 1.165) is 18.2 Å². The zero-order chi connectivity index (χ0) is 10.5. The summed E-state index contributed by atoms with van der Waals surface area (Å²) in [5, 5.41) is 0.962. The summed E-state index contributed by atoms with van der Waals surface area (Å²) in [4.78, 5) is 11.5. The first-order valence-corrected chi connectivity index (χ1v) is 6.75. The Bertz CT molecular complexity index is 286. The molecule has 84 valence electrons. The van der Waals surface area contributed by atoms with Crippen LogP contribution in [0, 0.1) is 17.8 Å². The summed E-state index contributed by atoms with van der Waals surface area (Å²) >= 11 is 3.47. The molecular weight excluding hydrogens is 260 g/mol. The van der Waals surface area contributed by atoms with Gasteiger partial charge in [-0.1, -0.05) is 15.9 Å². The monoisotopic (exact) mass is 274 g/mol. The van der Waals surface area contributed by atoms with Gasteiger partial charge in [0.25, 0.3) is 0 Å². The molecule has 1 aliphatic heterocycles. The normalized spacial score (nSPS) is 41.9. The Morgan fingerprint density at radius 3 is 2.73 bits per heavy atom. The number of carbonyl (C=O) groups is 1. The SMILES string of the molecule is O=C1CC2C(CCBr)C3(OCCO3)[C@@H]2C1. The van der Waals surface area contributed by atoms with Crippen molar-refractivity contribution in [1.29, 1.82) is 0 Å². The highest BCUT2D eigenvalue weighted by Gasteiger charge is 2.67. The van der Waals surface area contributed by atoms with Crippen LogP contribution in [0.3, 0.4) is 0 Å². The summed E-state index contributed by atoms with van der Waals surface area (Å²) in [6.45, 7) is 1.38. The molecule has 0 radical (unpaired) electrons. The number of hydrogen-bond donors (Lipinski definition) is 0. The van der Waals surface area contributed by atoms with Crippen LogP contribution in [0.1, 0.15) is 19.3 Å². The molecular formula is C11H15BrO3. The van der Waals surface area contributed by atoms with E-state index >= 15 is 0 Å². The Morgan fingerprint density at radius 1 is 1.33 bits per heavy atom. The van der Waals surface area contributed by atoms with E-state index in [-0.39, 0.29) is 5.79 Å². The number of fused-ring (bicyclic) bond motifs is 2. The van der Waals surface area contributed by atoms with Gasteiger partial charge in [-0.05, 0) is 12.3 Å². The third-order valence-electron chi connectivity index (χ3n) is 4.14. The molecule has 1 saturated heterocycles. The van der Waals surface area contributed by atoms with Crippen molar-refractivity contribution in [3.8, 4) is 0 Å². The molecule has 0 aromatic rings. The van der Waals surface area contributed by atoms with Gasteiger partial charge in [-0.15, -0.1) is 0 Å². The fourth-order valence-electron chi connectivity index (χ4n) is 3.61. The number of carbonyl (C=O) groups excluding carboxylic acids is 1. The van der Waals surface area contributed by atoms with Gasteiger partial charge < -0.3 is 9.47 Å². The second-order valence-corrected chi connectivity index (χ2v) is 5.51. The molecule has 1 heterocycles. The number of ether oxygens (including phenoxy) is 2. The number of alkyl halides is 1. The molecule has 15 heavy (non-hydrogen) atoms. The van der Waals surface area contributed by atoms with Gasteiger partial charge in [-0.25, -0.2) is 0 Å². The lowest BCUT2D eigenvalue weighted by atomic mass is 9.60. The average Bonchev–Trinajstić information content (AvgIpc) is 2.81. The van der Waals surface area contributed by atoms with Crippen LogP contribution in [0.25, 0.3) is 0 Å². The predicted octanol–water partition coefficient (Wildman–Crippen LogP) is 1.74. The summed E-state index contributed by atoms with van der Waals surface area (Å²) in [5.74, 6) is 1.30. The van der Waals surface area contributed by atoms with Crippen molar-refractivity contribution >= 4 is 21.7 Å². The molecule has 0 aromatic carbocycles. The zero-order valence-electron chi connectivity index (χ0n) is 8.58. The van der Waals surface area contributed by atoms with Crippen LogP contribution in [-0.4, -0.2) is 30.1 Å². The van der Waals surface area contributed by atoms with E-state index in [4.69, 9.17) is 9.47 Å². The van der Waals surface area contributed by atoms with Crippen molar-refractivity contribution < 1.29 is 14.3 Å². The zero-order valence-corrected chi connectivity index (χ0v) is 10.2. The van der Waals surface area contributed by atoms with E-state index in [0.29, 0.717) is 43.2 Å². The van der Waals surface area contributed by atoms with E-state index in [1.165, 1.54) is 0 Å². The topological polar surface area (TPSA) is 35.5 Å². The Labute approximate surface area is 97.6 Å². The van der Waals surface area contributed by atoms with Crippen LogP contribution in [0.2, 0.25) is 0 Å². The average molecular weight is 275 g/mol. The van der Waals surface area contributed by atoms with Gasteiger partial charge in [-0.2, -0.15) is 0 Å². The lowest BCUT2D eigenvalue weighted by Crippen LogP contribution is -2.61. The maximum absolute atomic E-state index is 11.5. The van der Waals surface area contributed by atoms with Crippen LogP contribution in [0.5, 0.6) is 0 Å². The molecule has 3 fully saturated rings. The molecule has 2 aliphatic carbocycles. The van der Waals surface area contributed by atoms with Crippen LogP contribution in [0.15, 0.2) is 0 Å². The maximum Gasteiger partial charge on any atom is 0.175 e. The summed E-state index contributed by atoms with van der Waals surface area (Å²) in [6, 6.07) is 0. The van der Waals surface area contributed by atoms with Gasteiger partial charge in [0, 0.05) is 30.0 Å². The molecule has 0 amide bonds. The van der Waals surface area contributed by atoms with Crippen molar-refractivity contribution in [3.05, 3.63) is 0 Å². The third kappa shape index (κ3) is 1.28. The molecule has 0 N–H and O–H groups in total. The largest absolute Gasteiger partial charge is 0.347 e. The quantitative estimate of drug-likeness (QED) is 0.720. The van der Waals surface area contributed by atoms with Gasteiger partial charge in [0.15, 0.2) is 5.79 Å². The summed E-state index contributed by atoms with van der Waals surface area (Å²) in [5.41, 5.74) is 0. The second-order valence-electron chi connectivity index (χ2n) is 4.72. The first kappa shape index (κ1) is 10.2. The van der Waals surface area contributed by atoms with Gasteiger partial charge in [0.2, 0.25) is 0 Å². The number of Topliss-reactive ketones (excluding diaryl/α,β-unsaturated/α-hetero) is 1. The van der Waals surface area contributed by atoms with Crippen molar-refractivity contribution in [2.75, 3.05) is 18.5 Å². The van der Waals surface area contributed by atoms with Crippen molar-refractivity contribution in [3.63, 3.8) is 0 Å². The highest BCUT2D eigenvalue weighted by molar-refractivity contribution is 9.09. The van der Waals surface area contributed by atoms with Crippen LogP contribution in [0.4, 0.5) is 0 Å². The highest BCUT2D eigenvalue weighted by Crippen LogP contribution is 2.61. The minimum Gasteiger partial charge on any atom is -0.347 e. The molecule has 3 aliphatic rings. The van der Waals surface area contributed by atoms with E-state index in [1.54, 1.807) is 0 Å². The lowest BCUT2D eigenvalue weighted by Gasteiger charge is -2.54. The Hall–Kier alpha value is 0.0700. The Kier molecular flexibility index (Phi) is 2.41. The standard InChI is InChI=1S/C11H15BrO3/c12-2-1-9-8-5-7(13)6-10(8)11(9)14-3-4-15-11/h8-10H,1-6H2/t8?,9?,10-/m1/s1.